The number of thiophene rings is 1. The Morgan fingerprint density at radius 2 is 2.27 bits per heavy atom. The molecule has 0 saturated carbocycles. The summed E-state index contributed by atoms with van der Waals surface area (Å²) < 4.78 is 0. The fraction of sp³-hybridized carbons (Fsp3) is 0.450. The molecule has 3 rings (SSSR count). The van der Waals surface area contributed by atoms with E-state index in [4.69, 9.17) is 11.6 Å². The zero-order valence-corrected chi connectivity index (χ0v) is 16.7. The fourth-order valence-electron chi connectivity index (χ4n) is 3.43. The van der Waals surface area contributed by atoms with Gasteiger partial charge in [-0.2, -0.15) is 0 Å². The van der Waals surface area contributed by atoms with Gasteiger partial charge in [-0.25, -0.2) is 4.79 Å². The van der Waals surface area contributed by atoms with E-state index in [0.29, 0.717) is 17.5 Å². The highest BCUT2D eigenvalue weighted by molar-refractivity contribution is 7.09. The van der Waals surface area contributed by atoms with Crippen molar-refractivity contribution in [2.75, 3.05) is 26.7 Å². The summed E-state index contributed by atoms with van der Waals surface area (Å²) in [4.78, 5) is 18.0. The van der Waals surface area contributed by atoms with E-state index in [0.717, 1.165) is 31.7 Å². The molecule has 1 unspecified atom stereocenters. The van der Waals surface area contributed by atoms with E-state index in [2.05, 4.69) is 27.7 Å². The van der Waals surface area contributed by atoms with Crippen LogP contribution >= 0.6 is 22.9 Å². The van der Waals surface area contributed by atoms with Crippen molar-refractivity contribution >= 4 is 29.0 Å². The van der Waals surface area contributed by atoms with E-state index < -0.39 is 0 Å². The van der Waals surface area contributed by atoms with Crippen LogP contribution in [0, 0.1) is 5.92 Å². The van der Waals surface area contributed by atoms with Crippen molar-refractivity contribution in [1.82, 2.24) is 15.1 Å². The zero-order valence-electron chi connectivity index (χ0n) is 15.2. The average molecular weight is 392 g/mol. The van der Waals surface area contributed by atoms with Gasteiger partial charge in [0.1, 0.15) is 0 Å². The number of amides is 2. The Kier molecular flexibility index (Phi) is 6.94. The minimum absolute atomic E-state index is 0.0274. The second kappa shape index (κ2) is 9.40. The summed E-state index contributed by atoms with van der Waals surface area (Å²) >= 11 is 7.83. The summed E-state index contributed by atoms with van der Waals surface area (Å²) in [5, 5.41) is 5.93. The van der Waals surface area contributed by atoms with E-state index in [1.54, 1.807) is 4.90 Å². The molecule has 1 fully saturated rings. The van der Waals surface area contributed by atoms with Crippen molar-refractivity contribution in [3.05, 3.63) is 57.2 Å². The normalized spacial score (nSPS) is 17.8. The molecule has 0 aliphatic carbocycles. The van der Waals surface area contributed by atoms with Crippen LogP contribution in [-0.2, 0) is 13.1 Å². The standard InChI is InChI=1S/C20H26ClN3OS/c1-23(13-16-5-2-7-18(21)11-16)20(25)22-12-17-6-3-9-24(14-17)15-19-8-4-10-26-19/h2,4-5,7-8,10-11,17H,3,6,9,12-15H2,1H3,(H,22,25). The summed E-state index contributed by atoms with van der Waals surface area (Å²) in [6.07, 6.45) is 2.38. The minimum atomic E-state index is -0.0274. The first-order chi connectivity index (χ1) is 12.6. The lowest BCUT2D eigenvalue weighted by Gasteiger charge is -2.32. The largest absolute Gasteiger partial charge is 0.338 e. The lowest BCUT2D eigenvalue weighted by molar-refractivity contribution is 0.162. The summed E-state index contributed by atoms with van der Waals surface area (Å²) in [7, 11) is 1.82. The Hall–Kier alpha value is -1.56. The van der Waals surface area contributed by atoms with Gasteiger partial charge in [0.15, 0.2) is 0 Å². The minimum Gasteiger partial charge on any atom is -0.338 e. The molecule has 1 aliphatic rings. The van der Waals surface area contributed by atoms with Crippen LogP contribution in [-0.4, -0.2) is 42.5 Å². The molecule has 1 saturated heterocycles. The summed E-state index contributed by atoms with van der Waals surface area (Å²) in [6, 6.07) is 11.9. The van der Waals surface area contributed by atoms with E-state index in [9.17, 15) is 4.79 Å². The van der Waals surface area contributed by atoms with Gasteiger partial charge >= 0.3 is 6.03 Å². The van der Waals surface area contributed by atoms with Crippen LogP contribution < -0.4 is 5.32 Å². The Bertz CT molecular complexity index is 707. The van der Waals surface area contributed by atoms with E-state index in [1.165, 1.54) is 17.7 Å². The monoisotopic (exact) mass is 391 g/mol. The van der Waals surface area contributed by atoms with Crippen LogP contribution in [0.5, 0.6) is 0 Å². The van der Waals surface area contributed by atoms with Crippen LogP contribution in [0.2, 0.25) is 5.02 Å². The van der Waals surface area contributed by atoms with E-state index in [-0.39, 0.29) is 6.03 Å². The van der Waals surface area contributed by atoms with Gasteiger partial charge in [-0.3, -0.25) is 4.90 Å². The van der Waals surface area contributed by atoms with Gasteiger partial charge in [-0.1, -0.05) is 29.8 Å². The van der Waals surface area contributed by atoms with Gasteiger partial charge in [0.25, 0.3) is 0 Å². The molecule has 0 bridgehead atoms. The quantitative estimate of drug-likeness (QED) is 0.789. The molecule has 0 radical (unpaired) electrons. The second-order valence-electron chi connectivity index (χ2n) is 6.99. The highest BCUT2D eigenvalue weighted by atomic mass is 35.5. The lowest BCUT2D eigenvalue weighted by Crippen LogP contribution is -2.43. The fourth-order valence-corrected chi connectivity index (χ4v) is 4.39. The number of likely N-dealkylation sites (tertiary alicyclic amines) is 1. The van der Waals surface area contributed by atoms with Crippen molar-refractivity contribution in [2.24, 2.45) is 5.92 Å². The first-order valence-electron chi connectivity index (χ1n) is 9.08. The molecule has 1 N–H and O–H groups in total. The molecular formula is C20H26ClN3OS. The molecule has 6 heteroatoms. The van der Waals surface area contributed by atoms with Crippen molar-refractivity contribution < 1.29 is 4.79 Å². The summed E-state index contributed by atoms with van der Waals surface area (Å²) in [5.41, 5.74) is 1.04. The molecule has 4 nitrogen and oxygen atoms in total. The third kappa shape index (κ3) is 5.73. The van der Waals surface area contributed by atoms with Crippen LogP contribution in [0.25, 0.3) is 0 Å². The molecule has 1 aliphatic heterocycles. The van der Waals surface area contributed by atoms with Crippen molar-refractivity contribution in [3.8, 4) is 0 Å². The maximum Gasteiger partial charge on any atom is 0.317 e. The Morgan fingerprint density at radius 3 is 3.04 bits per heavy atom. The number of halogens is 1. The number of piperidine rings is 1. The number of nitrogens with zero attached hydrogens (tertiary/aromatic N) is 2. The van der Waals surface area contributed by atoms with Crippen LogP contribution in [0.1, 0.15) is 23.3 Å². The Morgan fingerprint density at radius 1 is 1.38 bits per heavy atom. The number of hydrogen-bond acceptors (Lipinski definition) is 3. The topological polar surface area (TPSA) is 35.6 Å². The molecule has 2 heterocycles. The predicted molar refractivity (Wildman–Crippen MR) is 109 cm³/mol. The Labute approximate surface area is 164 Å². The number of carbonyl (C=O) groups excluding carboxylic acids is 1. The second-order valence-corrected chi connectivity index (χ2v) is 8.46. The number of hydrogen-bond donors (Lipinski definition) is 1. The summed E-state index contributed by atoms with van der Waals surface area (Å²) in [6.45, 7) is 4.52. The number of rotatable bonds is 6. The van der Waals surface area contributed by atoms with E-state index >= 15 is 0 Å². The third-order valence-electron chi connectivity index (χ3n) is 4.76. The summed E-state index contributed by atoms with van der Waals surface area (Å²) in [5.74, 6) is 0.521. The number of urea groups is 1. The SMILES string of the molecule is CN(Cc1cccc(Cl)c1)C(=O)NCC1CCCN(Cc2cccs2)C1. The van der Waals surface area contributed by atoms with Crippen molar-refractivity contribution in [1.29, 1.82) is 0 Å². The van der Waals surface area contributed by atoms with Crippen LogP contribution in [0.15, 0.2) is 41.8 Å². The van der Waals surface area contributed by atoms with Gasteiger partial charge in [0.05, 0.1) is 0 Å². The Balaban J connectivity index is 1.43. The first kappa shape index (κ1) is 19.2. The highest BCUT2D eigenvalue weighted by Gasteiger charge is 2.21. The molecule has 140 valence electrons. The van der Waals surface area contributed by atoms with Gasteiger partial charge in [0, 0.05) is 43.1 Å². The molecule has 2 amide bonds. The van der Waals surface area contributed by atoms with Gasteiger partial charge < -0.3 is 10.2 Å². The molecular weight excluding hydrogens is 366 g/mol. The average Bonchev–Trinajstić information content (AvgIpc) is 3.13. The predicted octanol–water partition coefficient (Wildman–Crippen LogP) is 4.46. The molecule has 1 aromatic heterocycles. The van der Waals surface area contributed by atoms with Gasteiger partial charge in [-0.15, -0.1) is 11.3 Å². The first-order valence-corrected chi connectivity index (χ1v) is 10.3. The van der Waals surface area contributed by atoms with Crippen LogP contribution in [0.3, 0.4) is 0 Å². The van der Waals surface area contributed by atoms with E-state index in [1.807, 2.05) is 42.6 Å². The smallest absolute Gasteiger partial charge is 0.317 e. The molecule has 1 atom stereocenters. The zero-order chi connectivity index (χ0) is 18.4. The van der Waals surface area contributed by atoms with Crippen LogP contribution in [0.4, 0.5) is 4.79 Å². The third-order valence-corrected chi connectivity index (χ3v) is 5.86. The maximum absolute atomic E-state index is 12.4. The van der Waals surface area contributed by atoms with Crippen molar-refractivity contribution in [3.63, 3.8) is 0 Å². The van der Waals surface area contributed by atoms with Gasteiger partial charge in [0.2, 0.25) is 0 Å². The van der Waals surface area contributed by atoms with Gasteiger partial charge in [-0.05, 0) is 54.4 Å². The lowest BCUT2D eigenvalue weighted by atomic mass is 9.98. The van der Waals surface area contributed by atoms with Crippen molar-refractivity contribution in [2.45, 2.75) is 25.9 Å². The molecule has 2 aromatic rings. The molecule has 0 spiro atoms. The number of carbonyl (C=O) groups is 1. The number of nitrogens with one attached hydrogen (secondary N) is 1. The molecule has 26 heavy (non-hydrogen) atoms. The highest BCUT2D eigenvalue weighted by Crippen LogP contribution is 2.20. The maximum atomic E-state index is 12.4. The number of benzene rings is 1. The molecule has 1 aromatic carbocycles.